The van der Waals surface area contributed by atoms with E-state index in [9.17, 15) is 9.90 Å². The summed E-state index contributed by atoms with van der Waals surface area (Å²) in [7, 11) is 0. The van der Waals surface area contributed by atoms with Gasteiger partial charge in [-0.2, -0.15) is 5.10 Å². The third-order valence-electron chi connectivity index (χ3n) is 4.26. The monoisotopic (exact) mass is 464 g/mol. The van der Waals surface area contributed by atoms with Gasteiger partial charge in [-0.25, -0.2) is 5.43 Å². The van der Waals surface area contributed by atoms with Gasteiger partial charge < -0.3 is 5.11 Å². The quantitative estimate of drug-likeness (QED) is 0.244. The molecule has 2 aromatic carbocycles. The van der Waals surface area contributed by atoms with Gasteiger partial charge in [0.25, 0.3) is 5.91 Å². The Morgan fingerprint density at radius 3 is 2.66 bits per heavy atom. The van der Waals surface area contributed by atoms with Crippen molar-refractivity contribution in [2.24, 2.45) is 5.10 Å². The van der Waals surface area contributed by atoms with E-state index in [0.29, 0.717) is 21.6 Å². The molecule has 0 bridgehead atoms. The third kappa shape index (κ3) is 5.32. The van der Waals surface area contributed by atoms with Gasteiger partial charge in [0.15, 0.2) is 11.0 Å². The van der Waals surface area contributed by atoms with Crippen LogP contribution >= 0.6 is 23.4 Å². The van der Waals surface area contributed by atoms with Crippen LogP contribution in [-0.4, -0.2) is 42.7 Å². The van der Waals surface area contributed by atoms with Crippen molar-refractivity contribution < 1.29 is 9.90 Å². The first kappa shape index (κ1) is 21.5. The molecule has 1 amide bonds. The van der Waals surface area contributed by atoms with Gasteiger partial charge in [-0.3, -0.25) is 14.3 Å². The predicted octanol–water partition coefficient (Wildman–Crippen LogP) is 3.93. The van der Waals surface area contributed by atoms with Crippen molar-refractivity contribution in [2.75, 3.05) is 5.75 Å². The van der Waals surface area contributed by atoms with Crippen molar-refractivity contribution in [1.82, 2.24) is 25.2 Å². The topological polar surface area (TPSA) is 105 Å². The average molecular weight is 465 g/mol. The lowest BCUT2D eigenvalue weighted by atomic mass is 10.2. The molecule has 0 aliphatic carbocycles. The van der Waals surface area contributed by atoms with E-state index in [1.807, 2.05) is 28.8 Å². The van der Waals surface area contributed by atoms with E-state index in [0.717, 1.165) is 11.3 Å². The SMILES string of the molecule is O=C(CSc1nnc(-c2ccncc2)n1-c1ccc(Cl)cc1)NN=Cc1cccc(O)c1. The number of aromatic hydroxyl groups is 1. The molecule has 0 spiro atoms. The minimum Gasteiger partial charge on any atom is -0.508 e. The number of thioether (sulfide) groups is 1. The number of rotatable bonds is 7. The van der Waals surface area contributed by atoms with Crippen LogP contribution in [0, 0.1) is 0 Å². The van der Waals surface area contributed by atoms with E-state index in [-0.39, 0.29) is 17.4 Å². The number of hydrogen-bond acceptors (Lipinski definition) is 7. The molecule has 4 rings (SSSR count). The van der Waals surface area contributed by atoms with Crippen LogP contribution in [0.4, 0.5) is 0 Å². The van der Waals surface area contributed by atoms with Gasteiger partial charge in [0.1, 0.15) is 5.75 Å². The maximum Gasteiger partial charge on any atom is 0.250 e. The zero-order valence-electron chi connectivity index (χ0n) is 16.6. The number of carbonyl (C=O) groups is 1. The van der Waals surface area contributed by atoms with E-state index in [2.05, 4.69) is 25.7 Å². The number of hydrazone groups is 1. The highest BCUT2D eigenvalue weighted by Gasteiger charge is 2.17. The zero-order valence-corrected chi connectivity index (χ0v) is 18.2. The van der Waals surface area contributed by atoms with E-state index in [1.165, 1.54) is 18.0 Å². The fourth-order valence-corrected chi connectivity index (χ4v) is 3.69. The van der Waals surface area contributed by atoms with Gasteiger partial charge in [-0.15, -0.1) is 10.2 Å². The average Bonchev–Trinajstić information content (AvgIpc) is 3.23. The lowest BCUT2D eigenvalue weighted by Crippen LogP contribution is -2.20. The summed E-state index contributed by atoms with van der Waals surface area (Å²) in [6.45, 7) is 0. The molecule has 10 heteroatoms. The summed E-state index contributed by atoms with van der Waals surface area (Å²) in [6, 6.07) is 17.5. The fraction of sp³-hybridized carbons (Fsp3) is 0.0455. The van der Waals surface area contributed by atoms with Crippen molar-refractivity contribution in [3.63, 3.8) is 0 Å². The number of phenolic OH excluding ortho intramolecular Hbond substituents is 1. The molecule has 2 aromatic heterocycles. The van der Waals surface area contributed by atoms with Crippen LogP contribution in [0.15, 0.2) is 83.3 Å². The van der Waals surface area contributed by atoms with Crippen molar-refractivity contribution >= 4 is 35.5 Å². The molecule has 32 heavy (non-hydrogen) atoms. The molecule has 0 atom stereocenters. The van der Waals surface area contributed by atoms with Crippen LogP contribution in [0.1, 0.15) is 5.56 Å². The van der Waals surface area contributed by atoms with Gasteiger partial charge in [-0.1, -0.05) is 35.5 Å². The van der Waals surface area contributed by atoms with Crippen molar-refractivity contribution in [1.29, 1.82) is 0 Å². The minimum absolute atomic E-state index is 0.0828. The number of nitrogens with zero attached hydrogens (tertiary/aromatic N) is 5. The molecule has 8 nitrogen and oxygen atoms in total. The Balaban J connectivity index is 1.50. The van der Waals surface area contributed by atoms with Crippen LogP contribution in [-0.2, 0) is 4.79 Å². The highest BCUT2D eigenvalue weighted by atomic mass is 35.5. The standard InChI is InChI=1S/C22H17ClN6O2S/c23-17-4-6-18(7-5-17)29-21(16-8-10-24-11-9-16)27-28-22(29)32-14-20(31)26-25-13-15-2-1-3-19(30)12-15/h1-13,30H,14H2,(H,26,31). The van der Waals surface area contributed by atoms with E-state index in [4.69, 9.17) is 11.6 Å². The molecule has 0 saturated heterocycles. The first-order valence-electron chi connectivity index (χ1n) is 9.45. The Bertz CT molecular complexity index is 1250. The first-order valence-corrected chi connectivity index (χ1v) is 10.8. The number of hydrogen-bond donors (Lipinski definition) is 2. The molecule has 4 aromatic rings. The molecule has 0 aliphatic heterocycles. The smallest absolute Gasteiger partial charge is 0.250 e. The highest BCUT2D eigenvalue weighted by Crippen LogP contribution is 2.28. The van der Waals surface area contributed by atoms with Crippen molar-refractivity contribution in [3.05, 3.63) is 83.6 Å². The molecule has 0 unspecified atom stereocenters. The van der Waals surface area contributed by atoms with Crippen LogP contribution < -0.4 is 5.43 Å². The van der Waals surface area contributed by atoms with E-state index < -0.39 is 0 Å². The molecule has 0 fully saturated rings. The third-order valence-corrected chi connectivity index (χ3v) is 5.44. The zero-order chi connectivity index (χ0) is 22.3. The highest BCUT2D eigenvalue weighted by molar-refractivity contribution is 7.99. The summed E-state index contributed by atoms with van der Waals surface area (Å²) in [5.74, 6) is 0.531. The number of amides is 1. The number of aromatic nitrogens is 4. The summed E-state index contributed by atoms with van der Waals surface area (Å²) in [4.78, 5) is 16.3. The number of benzene rings is 2. The number of carbonyl (C=O) groups excluding carboxylic acids is 1. The Kier molecular flexibility index (Phi) is 6.78. The summed E-state index contributed by atoms with van der Waals surface area (Å²) in [5, 5.41) is 23.2. The largest absolute Gasteiger partial charge is 0.508 e. The fourth-order valence-electron chi connectivity index (χ4n) is 2.82. The molecule has 0 aliphatic rings. The van der Waals surface area contributed by atoms with E-state index in [1.54, 1.807) is 48.8 Å². The lowest BCUT2D eigenvalue weighted by molar-refractivity contribution is -0.118. The number of pyridine rings is 1. The summed E-state index contributed by atoms with van der Waals surface area (Å²) >= 11 is 7.27. The molecule has 2 N–H and O–H groups in total. The Morgan fingerprint density at radius 1 is 1.12 bits per heavy atom. The van der Waals surface area contributed by atoms with Gasteiger partial charge in [0, 0.05) is 28.7 Å². The lowest BCUT2D eigenvalue weighted by Gasteiger charge is -2.10. The van der Waals surface area contributed by atoms with Crippen LogP contribution in [0.5, 0.6) is 5.75 Å². The van der Waals surface area contributed by atoms with Crippen LogP contribution in [0.25, 0.3) is 17.1 Å². The second kappa shape index (κ2) is 10.1. The molecule has 0 radical (unpaired) electrons. The van der Waals surface area contributed by atoms with E-state index >= 15 is 0 Å². The summed E-state index contributed by atoms with van der Waals surface area (Å²) in [5.41, 5.74) is 4.80. The maximum atomic E-state index is 12.3. The second-order valence-corrected chi connectivity index (χ2v) is 7.91. The number of nitrogens with one attached hydrogen (secondary N) is 1. The van der Waals surface area contributed by atoms with Crippen molar-refractivity contribution in [3.8, 4) is 22.8 Å². The van der Waals surface area contributed by atoms with Gasteiger partial charge in [-0.05, 0) is 54.1 Å². The van der Waals surface area contributed by atoms with Crippen LogP contribution in [0.3, 0.4) is 0 Å². The van der Waals surface area contributed by atoms with Gasteiger partial charge in [0.05, 0.1) is 12.0 Å². The molecule has 160 valence electrons. The Morgan fingerprint density at radius 2 is 1.91 bits per heavy atom. The Hall–Kier alpha value is -3.69. The minimum atomic E-state index is -0.303. The van der Waals surface area contributed by atoms with Gasteiger partial charge in [0.2, 0.25) is 0 Å². The Labute approximate surface area is 193 Å². The molecular formula is C22H17ClN6O2S. The molecule has 0 saturated carbocycles. The summed E-state index contributed by atoms with van der Waals surface area (Å²) < 4.78 is 1.86. The van der Waals surface area contributed by atoms with Gasteiger partial charge >= 0.3 is 0 Å². The second-order valence-electron chi connectivity index (χ2n) is 6.53. The normalized spacial score (nSPS) is 11.0. The first-order chi connectivity index (χ1) is 15.6. The van der Waals surface area contributed by atoms with Crippen molar-refractivity contribution in [2.45, 2.75) is 5.16 Å². The number of halogens is 1. The molecule has 2 heterocycles. The molecular weight excluding hydrogens is 448 g/mol. The maximum absolute atomic E-state index is 12.3. The van der Waals surface area contributed by atoms with Crippen LogP contribution in [0.2, 0.25) is 5.02 Å². The number of phenols is 1. The summed E-state index contributed by atoms with van der Waals surface area (Å²) in [6.07, 6.45) is 4.82. The predicted molar refractivity (Wildman–Crippen MR) is 124 cm³/mol.